The molecule has 0 N–H and O–H groups in total. The molecule has 0 aromatic heterocycles. The lowest BCUT2D eigenvalue weighted by molar-refractivity contribution is -0.167. The molecule has 0 fully saturated rings. The fourth-order valence-corrected chi connectivity index (χ4v) is 9.44. The maximum absolute atomic E-state index is 12.9. The zero-order chi connectivity index (χ0) is 55.7. The van der Waals surface area contributed by atoms with Crippen LogP contribution in [0.2, 0.25) is 0 Å². The van der Waals surface area contributed by atoms with Crippen molar-refractivity contribution in [3.8, 4) is 0 Å². The topological polar surface area (TPSA) is 78.9 Å². The summed E-state index contributed by atoms with van der Waals surface area (Å²) in [5.74, 6) is -0.870. The molecule has 6 nitrogen and oxygen atoms in total. The molecule has 0 aromatic carbocycles. The zero-order valence-electron chi connectivity index (χ0n) is 51.0. The summed E-state index contributed by atoms with van der Waals surface area (Å²) in [6, 6.07) is 0. The number of hydrogen-bond acceptors (Lipinski definition) is 6. The van der Waals surface area contributed by atoms with Gasteiger partial charge in [-0.2, -0.15) is 0 Å². The largest absolute Gasteiger partial charge is 0.462 e. The van der Waals surface area contributed by atoms with E-state index in [0.717, 1.165) is 103 Å². The Bertz CT molecular complexity index is 1470. The van der Waals surface area contributed by atoms with Gasteiger partial charge in [-0.1, -0.05) is 298 Å². The lowest BCUT2D eigenvalue weighted by Crippen LogP contribution is -2.30. The van der Waals surface area contributed by atoms with E-state index in [1.807, 2.05) is 0 Å². The van der Waals surface area contributed by atoms with E-state index in [1.54, 1.807) is 0 Å². The molecule has 77 heavy (non-hydrogen) atoms. The maximum atomic E-state index is 12.9. The molecule has 0 aliphatic heterocycles. The number of carbonyl (C=O) groups is 3. The Kier molecular flexibility index (Phi) is 62.2. The Labute approximate surface area is 477 Å². The van der Waals surface area contributed by atoms with Crippen LogP contribution in [0.4, 0.5) is 0 Å². The van der Waals surface area contributed by atoms with Crippen LogP contribution in [0.15, 0.2) is 85.1 Å². The number of hydrogen-bond donors (Lipinski definition) is 0. The van der Waals surface area contributed by atoms with Crippen molar-refractivity contribution >= 4 is 17.9 Å². The summed E-state index contributed by atoms with van der Waals surface area (Å²) in [5, 5.41) is 0. The minimum Gasteiger partial charge on any atom is -0.462 e. The lowest BCUT2D eigenvalue weighted by atomic mass is 10.0. The van der Waals surface area contributed by atoms with Gasteiger partial charge < -0.3 is 14.2 Å². The molecule has 0 amide bonds. The minimum atomic E-state index is -0.779. The molecular formula is C71H124O6. The normalized spacial score (nSPS) is 12.6. The van der Waals surface area contributed by atoms with E-state index < -0.39 is 6.10 Å². The number of ether oxygens (including phenoxy) is 3. The predicted octanol–water partition coefficient (Wildman–Crippen LogP) is 22.7. The highest BCUT2D eigenvalue weighted by Crippen LogP contribution is 2.17. The molecule has 6 heteroatoms. The van der Waals surface area contributed by atoms with E-state index in [9.17, 15) is 14.4 Å². The minimum absolute atomic E-state index is 0.0758. The third kappa shape index (κ3) is 63.3. The Morgan fingerprint density at radius 3 is 0.805 bits per heavy atom. The molecule has 0 bridgehead atoms. The van der Waals surface area contributed by atoms with Crippen molar-refractivity contribution < 1.29 is 28.6 Å². The molecule has 1 atom stereocenters. The molecule has 0 saturated heterocycles. The summed E-state index contributed by atoms with van der Waals surface area (Å²) in [7, 11) is 0. The SMILES string of the molecule is CC/C=C\C/C=C\C/C=C\C/C=C\C/C=C\CCCCCCCCCCCCCCCC(=O)OCC(COC(=O)CCCCCCCCCCCCCC)OC(=O)CCCCCCCCC/C=C\C/C=C\CCCCCC. The molecule has 0 aromatic rings. The van der Waals surface area contributed by atoms with Crippen LogP contribution < -0.4 is 0 Å². The summed E-state index contributed by atoms with van der Waals surface area (Å²) in [6.45, 7) is 6.54. The second kappa shape index (κ2) is 65.1. The van der Waals surface area contributed by atoms with Gasteiger partial charge in [0, 0.05) is 19.3 Å². The van der Waals surface area contributed by atoms with Gasteiger partial charge in [-0.05, 0) is 96.3 Å². The highest BCUT2D eigenvalue weighted by molar-refractivity contribution is 5.71. The Hall–Kier alpha value is -3.41. The van der Waals surface area contributed by atoms with E-state index >= 15 is 0 Å². The van der Waals surface area contributed by atoms with Crippen molar-refractivity contribution in [3.05, 3.63) is 85.1 Å². The molecule has 0 heterocycles. The van der Waals surface area contributed by atoms with E-state index in [2.05, 4.69) is 106 Å². The molecule has 0 spiro atoms. The van der Waals surface area contributed by atoms with Gasteiger partial charge in [0.15, 0.2) is 6.10 Å². The first kappa shape index (κ1) is 73.6. The van der Waals surface area contributed by atoms with Gasteiger partial charge in [0.05, 0.1) is 0 Å². The monoisotopic (exact) mass is 1070 g/mol. The quantitative estimate of drug-likeness (QED) is 0.0261. The molecule has 0 rings (SSSR count). The molecule has 0 saturated carbocycles. The fourth-order valence-electron chi connectivity index (χ4n) is 9.44. The summed E-state index contributed by atoms with van der Waals surface area (Å²) < 4.78 is 16.9. The van der Waals surface area contributed by atoms with Crippen LogP contribution in [0.25, 0.3) is 0 Å². The van der Waals surface area contributed by atoms with E-state index in [-0.39, 0.29) is 31.1 Å². The van der Waals surface area contributed by atoms with Crippen molar-refractivity contribution in [2.24, 2.45) is 0 Å². The number of esters is 3. The highest BCUT2D eigenvalue weighted by atomic mass is 16.6. The molecular weight excluding hydrogens is 949 g/mol. The first-order valence-corrected chi connectivity index (χ1v) is 33.1. The average Bonchev–Trinajstić information content (AvgIpc) is 3.43. The summed E-state index contributed by atoms with van der Waals surface area (Å²) in [6.07, 6.45) is 85.9. The lowest BCUT2D eigenvalue weighted by Gasteiger charge is -2.18. The molecule has 1 unspecified atom stereocenters. The van der Waals surface area contributed by atoms with E-state index in [0.29, 0.717) is 19.3 Å². The Balaban J connectivity index is 4.24. The standard InChI is InChI=1S/C71H124O6/c1-4-7-10-13-16-19-22-25-27-29-31-32-33-34-35-36-37-38-39-40-41-43-44-46-49-52-55-58-61-64-70(73)76-67-68(66-75-69(72)63-60-57-54-51-48-24-21-18-15-12-9-6-3)77-71(74)65-62-59-56-53-50-47-45-42-30-28-26-23-20-17-14-11-8-5-2/h7,10,16,19-20,23,25,27-28,30-32,34-35,68H,4-6,8-9,11-15,17-18,21-22,24,26,29,33,36-67H2,1-3H3/b10-7-,19-16-,23-20-,27-25-,30-28-,32-31-,35-34-. The van der Waals surface area contributed by atoms with Crippen molar-refractivity contribution in [1.29, 1.82) is 0 Å². The van der Waals surface area contributed by atoms with Crippen LogP contribution >= 0.6 is 0 Å². The van der Waals surface area contributed by atoms with Crippen LogP contribution in [-0.2, 0) is 28.6 Å². The first-order chi connectivity index (χ1) is 38.0. The van der Waals surface area contributed by atoms with Crippen LogP contribution in [-0.4, -0.2) is 37.2 Å². The molecule has 0 aliphatic rings. The Morgan fingerprint density at radius 2 is 0.506 bits per heavy atom. The first-order valence-electron chi connectivity index (χ1n) is 33.1. The van der Waals surface area contributed by atoms with Gasteiger partial charge >= 0.3 is 17.9 Å². The van der Waals surface area contributed by atoms with Crippen molar-refractivity contribution in [2.45, 2.75) is 335 Å². The second-order valence-corrected chi connectivity index (χ2v) is 22.0. The molecule has 0 aliphatic carbocycles. The van der Waals surface area contributed by atoms with E-state index in [4.69, 9.17) is 14.2 Å². The van der Waals surface area contributed by atoms with Crippen LogP contribution in [0.3, 0.4) is 0 Å². The Morgan fingerprint density at radius 1 is 0.273 bits per heavy atom. The van der Waals surface area contributed by atoms with E-state index in [1.165, 1.54) is 186 Å². The van der Waals surface area contributed by atoms with Crippen molar-refractivity contribution in [2.75, 3.05) is 13.2 Å². The van der Waals surface area contributed by atoms with Crippen molar-refractivity contribution in [1.82, 2.24) is 0 Å². The van der Waals surface area contributed by atoms with Gasteiger partial charge in [0.2, 0.25) is 0 Å². The zero-order valence-corrected chi connectivity index (χ0v) is 51.0. The summed E-state index contributed by atoms with van der Waals surface area (Å²) in [5.41, 5.74) is 0. The third-order valence-electron chi connectivity index (χ3n) is 14.4. The van der Waals surface area contributed by atoms with Crippen molar-refractivity contribution in [3.63, 3.8) is 0 Å². The van der Waals surface area contributed by atoms with Crippen LogP contribution in [0, 0.1) is 0 Å². The van der Waals surface area contributed by atoms with Gasteiger partial charge in [-0.25, -0.2) is 0 Å². The summed E-state index contributed by atoms with van der Waals surface area (Å²) in [4.78, 5) is 38.3. The smallest absolute Gasteiger partial charge is 0.306 e. The fraction of sp³-hybridized carbons (Fsp3) is 0.761. The highest BCUT2D eigenvalue weighted by Gasteiger charge is 2.19. The van der Waals surface area contributed by atoms with Gasteiger partial charge in [-0.15, -0.1) is 0 Å². The van der Waals surface area contributed by atoms with Crippen LogP contribution in [0.1, 0.15) is 329 Å². The average molecular weight is 1070 g/mol. The predicted molar refractivity (Wildman–Crippen MR) is 334 cm³/mol. The number of allylic oxidation sites excluding steroid dienone is 14. The number of carbonyl (C=O) groups excluding carboxylic acids is 3. The number of unbranched alkanes of at least 4 members (excludes halogenated alkanes) is 35. The third-order valence-corrected chi connectivity index (χ3v) is 14.4. The maximum Gasteiger partial charge on any atom is 0.306 e. The number of rotatable bonds is 60. The summed E-state index contributed by atoms with van der Waals surface area (Å²) >= 11 is 0. The van der Waals surface area contributed by atoms with Gasteiger partial charge in [0.25, 0.3) is 0 Å². The second-order valence-electron chi connectivity index (χ2n) is 22.0. The van der Waals surface area contributed by atoms with Gasteiger partial charge in [-0.3, -0.25) is 14.4 Å². The molecule has 444 valence electrons. The molecule has 0 radical (unpaired) electrons. The van der Waals surface area contributed by atoms with Gasteiger partial charge in [0.1, 0.15) is 13.2 Å². The van der Waals surface area contributed by atoms with Crippen LogP contribution in [0.5, 0.6) is 0 Å².